The van der Waals surface area contributed by atoms with Gasteiger partial charge in [0.05, 0.1) is 12.8 Å². The number of nitrogens with zero attached hydrogens (tertiary/aromatic N) is 3. The van der Waals surface area contributed by atoms with Crippen molar-refractivity contribution in [2.45, 2.75) is 18.7 Å². The summed E-state index contributed by atoms with van der Waals surface area (Å²) < 4.78 is 47.4. The molecule has 4 rings (SSSR count). The first kappa shape index (κ1) is 18.0. The molecule has 1 aliphatic rings. The van der Waals surface area contributed by atoms with Crippen LogP contribution in [0.3, 0.4) is 0 Å². The number of hydrogen-bond donors (Lipinski definition) is 0. The molecule has 0 saturated heterocycles. The molecule has 2 heterocycles. The Morgan fingerprint density at radius 1 is 1.04 bits per heavy atom. The van der Waals surface area contributed by atoms with Gasteiger partial charge in [0.25, 0.3) is 0 Å². The normalized spacial score (nSPS) is 16.6. The minimum atomic E-state index is -4.67. The average molecular weight is 389 g/mol. The van der Waals surface area contributed by atoms with Crippen molar-refractivity contribution >= 4 is 5.71 Å². The van der Waals surface area contributed by atoms with Gasteiger partial charge in [0.15, 0.2) is 6.10 Å². The Kier molecular flexibility index (Phi) is 4.50. The Morgan fingerprint density at radius 2 is 1.75 bits per heavy atom. The number of para-hydroxylation sites is 1. The number of alkyl halides is 3. The van der Waals surface area contributed by atoms with Crippen LogP contribution in [0.1, 0.15) is 29.5 Å². The molecule has 0 spiro atoms. The van der Waals surface area contributed by atoms with Gasteiger partial charge in [-0.1, -0.05) is 52.8 Å². The van der Waals surface area contributed by atoms with E-state index in [-0.39, 0.29) is 11.9 Å². The number of rotatable bonds is 4. The smallest absolute Gasteiger partial charge is 0.471 e. The lowest BCUT2D eigenvalue weighted by Gasteiger charge is -2.12. The fourth-order valence-electron chi connectivity index (χ4n) is 2.91. The predicted molar refractivity (Wildman–Crippen MR) is 92.7 cm³/mol. The summed E-state index contributed by atoms with van der Waals surface area (Å²) in [5.41, 5.74) is 2.82. The number of hydrogen-bond acceptors (Lipinski definition) is 6. The Balaban J connectivity index is 1.50. The maximum absolute atomic E-state index is 12.6. The zero-order chi connectivity index (χ0) is 19.7. The first-order valence-electron chi connectivity index (χ1n) is 8.33. The largest absolute Gasteiger partial charge is 0.496 e. The van der Waals surface area contributed by atoms with Gasteiger partial charge >= 0.3 is 12.1 Å². The molecule has 28 heavy (non-hydrogen) atoms. The molecule has 0 fully saturated rings. The van der Waals surface area contributed by atoms with Crippen LogP contribution in [0.5, 0.6) is 5.75 Å². The average Bonchev–Trinajstić information content (AvgIpc) is 3.38. The SMILES string of the molecule is COc1ccccc1C1CC(c2ccc(-c3noc(C(F)(F)F)n3)cc2)=NO1. The summed E-state index contributed by atoms with van der Waals surface area (Å²) in [4.78, 5) is 8.93. The van der Waals surface area contributed by atoms with Crippen molar-refractivity contribution in [2.75, 3.05) is 7.11 Å². The number of aromatic nitrogens is 2. The molecular weight excluding hydrogens is 375 g/mol. The molecule has 0 aliphatic carbocycles. The number of oxime groups is 1. The van der Waals surface area contributed by atoms with Gasteiger partial charge in [-0.2, -0.15) is 18.2 Å². The maximum Gasteiger partial charge on any atom is 0.471 e. The van der Waals surface area contributed by atoms with Gasteiger partial charge in [-0.25, -0.2) is 0 Å². The van der Waals surface area contributed by atoms with Crippen LogP contribution in [0.2, 0.25) is 0 Å². The molecule has 0 bridgehead atoms. The molecule has 3 aromatic rings. The van der Waals surface area contributed by atoms with E-state index in [2.05, 4.69) is 19.8 Å². The highest BCUT2D eigenvalue weighted by Gasteiger charge is 2.38. The summed E-state index contributed by atoms with van der Waals surface area (Å²) in [6, 6.07) is 14.2. The topological polar surface area (TPSA) is 69.7 Å². The molecule has 6 nitrogen and oxygen atoms in total. The van der Waals surface area contributed by atoms with Crippen LogP contribution in [-0.2, 0) is 11.0 Å². The fraction of sp³-hybridized carbons (Fsp3) is 0.211. The molecule has 0 radical (unpaired) electrons. The number of methoxy groups -OCH3 is 1. The van der Waals surface area contributed by atoms with E-state index in [0.717, 1.165) is 22.6 Å². The van der Waals surface area contributed by atoms with Crippen LogP contribution in [0.25, 0.3) is 11.4 Å². The van der Waals surface area contributed by atoms with Gasteiger partial charge in [-0.15, -0.1) is 0 Å². The highest BCUT2D eigenvalue weighted by atomic mass is 19.4. The minimum Gasteiger partial charge on any atom is -0.496 e. The van der Waals surface area contributed by atoms with Crippen LogP contribution < -0.4 is 4.74 Å². The number of benzene rings is 2. The van der Waals surface area contributed by atoms with Gasteiger partial charge in [-0.3, -0.25) is 0 Å². The van der Waals surface area contributed by atoms with E-state index in [1.807, 2.05) is 24.3 Å². The molecule has 1 unspecified atom stereocenters. The summed E-state index contributed by atoms with van der Waals surface area (Å²) in [6.45, 7) is 0. The third-order valence-electron chi connectivity index (χ3n) is 4.30. The van der Waals surface area contributed by atoms with Crippen LogP contribution in [-0.4, -0.2) is 23.0 Å². The van der Waals surface area contributed by atoms with Crippen LogP contribution in [0, 0.1) is 0 Å². The molecule has 0 saturated carbocycles. The molecule has 1 aliphatic heterocycles. The first-order chi connectivity index (χ1) is 13.5. The van der Waals surface area contributed by atoms with E-state index in [9.17, 15) is 13.2 Å². The molecule has 2 aromatic carbocycles. The summed E-state index contributed by atoms with van der Waals surface area (Å²) in [5.74, 6) is -0.785. The second kappa shape index (κ2) is 6.99. The van der Waals surface area contributed by atoms with Crippen molar-refractivity contribution < 1.29 is 27.3 Å². The molecule has 144 valence electrons. The van der Waals surface area contributed by atoms with Gasteiger partial charge in [0.2, 0.25) is 5.82 Å². The van der Waals surface area contributed by atoms with Gasteiger partial charge < -0.3 is 14.1 Å². The third-order valence-corrected chi connectivity index (χ3v) is 4.30. The third kappa shape index (κ3) is 3.42. The minimum absolute atomic E-state index is 0.129. The van der Waals surface area contributed by atoms with Crippen molar-refractivity contribution in [3.8, 4) is 17.1 Å². The van der Waals surface area contributed by atoms with Crippen molar-refractivity contribution in [3.05, 3.63) is 65.5 Å². The lowest BCUT2D eigenvalue weighted by atomic mass is 9.99. The van der Waals surface area contributed by atoms with Crippen molar-refractivity contribution in [3.63, 3.8) is 0 Å². The Bertz CT molecular complexity index is 1010. The second-order valence-electron chi connectivity index (χ2n) is 6.08. The highest BCUT2D eigenvalue weighted by Crippen LogP contribution is 2.35. The van der Waals surface area contributed by atoms with Crippen molar-refractivity contribution in [1.82, 2.24) is 10.1 Å². The lowest BCUT2D eigenvalue weighted by molar-refractivity contribution is -0.159. The summed E-state index contributed by atoms with van der Waals surface area (Å²) in [6.07, 6.45) is -4.40. The Labute approximate surface area is 157 Å². The molecule has 0 amide bonds. The molecule has 1 aromatic heterocycles. The summed E-state index contributed by atoms with van der Waals surface area (Å²) in [5, 5.41) is 7.52. The van der Waals surface area contributed by atoms with Crippen molar-refractivity contribution in [1.29, 1.82) is 0 Å². The Hall–Kier alpha value is -3.36. The second-order valence-corrected chi connectivity index (χ2v) is 6.08. The van der Waals surface area contributed by atoms with Crippen LogP contribution in [0.15, 0.2) is 58.2 Å². The van der Waals surface area contributed by atoms with E-state index in [0.29, 0.717) is 12.0 Å². The Morgan fingerprint density at radius 3 is 2.43 bits per heavy atom. The molecular formula is C19H14F3N3O3. The monoisotopic (exact) mass is 389 g/mol. The quantitative estimate of drug-likeness (QED) is 0.651. The number of ether oxygens (including phenoxy) is 1. The van der Waals surface area contributed by atoms with E-state index in [1.165, 1.54) is 0 Å². The first-order valence-corrected chi connectivity index (χ1v) is 8.33. The van der Waals surface area contributed by atoms with Crippen molar-refractivity contribution in [2.24, 2.45) is 5.16 Å². The van der Waals surface area contributed by atoms with E-state index in [1.54, 1.807) is 31.4 Å². The van der Waals surface area contributed by atoms with Crippen LogP contribution >= 0.6 is 0 Å². The summed E-state index contributed by atoms with van der Waals surface area (Å²) in [7, 11) is 1.59. The van der Waals surface area contributed by atoms with E-state index >= 15 is 0 Å². The predicted octanol–water partition coefficient (Wildman–Crippen LogP) is 4.63. The zero-order valence-corrected chi connectivity index (χ0v) is 14.6. The number of halogens is 3. The molecule has 9 heteroatoms. The standard InChI is InChI=1S/C19H14F3N3O3/c1-26-15-5-3-2-4-13(15)16-10-14(24-27-16)11-6-8-12(9-7-11)17-23-18(28-25-17)19(20,21)22/h2-9,16H,10H2,1H3. The van der Waals surface area contributed by atoms with Gasteiger partial charge in [0, 0.05) is 17.5 Å². The maximum atomic E-state index is 12.6. The zero-order valence-electron chi connectivity index (χ0n) is 14.6. The molecule has 1 atom stereocenters. The fourth-order valence-corrected chi connectivity index (χ4v) is 2.91. The van der Waals surface area contributed by atoms with Crippen LogP contribution in [0.4, 0.5) is 13.2 Å². The van der Waals surface area contributed by atoms with E-state index in [4.69, 9.17) is 9.57 Å². The lowest BCUT2D eigenvalue weighted by Crippen LogP contribution is -2.05. The van der Waals surface area contributed by atoms with E-state index < -0.39 is 12.1 Å². The highest BCUT2D eigenvalue weighted by molar-refractivity contribution is 6.01. The van der Waals surface area contributed by atoms with Gasteiger partial charge in [0.1, 0.15) is 5.75 Å². The summed E-state index contributed by atoms with van der Waals surface area (Å²) >= 11 is 0. The molecule has 0 N–H and O–H groups in total. The van der Waals surface area contributed by atoms with Gasteiger partial charge in [-0.05, 0) is 11.6 Å².